The van der Waals surface area contributed by atoms with Crippen LogP contribution in [0.25, 0.3) is 0 Å². The predicted molar refractivity (Wildman–Crippen MR) is 87.5 cm³/mol. The number of nitrogens with one attached hydrogen (secondary N) is 2. The molecule has 2 N–H and O–H groups in total. The lowest BCUT2D eigenvalue weighted by Crippen LogP contribution is -2.47. The summed E-state index contributed by atoms with van der Waals surface area (Å²) in [6, 6.07) is 0. The molecule has 0 aromatic heterocycles. The first-order valence-electron chi connectivity index (χ1n) is 8.64. The van der Waals surface area contributed by atoms with Crippen LogP contribution in [-0.2, 0) is 14.4 Å². The highest BCUT2D eigenvalue weighted by Crippen LogP contribution is 2.28. The van der Waals surface area contributed by atoms with E-state index < -0.39 is 0 Å². The molecular weight excluding hydrogens is 294 g/mol. The average molecular weight is 323 g/mol. The van der Waals surface area contributed by atoms with Crippen molar-refractivity contribution in [3.8, 4) is 0 Å². The Bertz CT molecular complexity index is 458. The minimum Gasteiger partial charge on any atom is -0.354 e. The molecule has 0 unspecified atom stereocenters. The van der Waals surface area contributed by atoms with Gasteiger partial charge in [0.2, 0.25) is 17.7 Å². The highest BCUT2D eigenvalue weighted by Gasteiger charge is 2.32. The molecule has 1 saturated carbocycles. The van der Waals surface area contributed by atoms with E-state index in [9.17, 15) is 14.4 Å². The Morgan fingerprint density at radius 1 is 0.870 bits per heavy atom. The van der Waals surface area contributed by atoms with Crippen LogP contribution in [0.2, 0.25) is 0 Å². The van der Waals surface area contributed by atoms with Crippen LogP contribution in [0.3, 0.4) is 0 Å². The summed E-state index contributed by atoms with van der Waals surface area (Å²) in [6.45, 7) is 8.01. The number of hydrogen-bond acceptors (Lipinski definition) is 3. The van der Waals surface area contributed by atoms with Gasteiger partial charge in [0, 0.05) is 43.4 Å². The maximum Gasteiger partial charge on any atom is 0.227 e. The van der Waals surface area contributed by atoms with Gasteiger partial charge in [0.15, 0.2) is 0 Å². The monoisotopic (exact) mass is 323 g/mol. The van der Waals surface area contributed by atoms with Gasteiger partial charge in [-0.2, -0.15) is 0 Å². The summed E-state index contributed by atoms with van der Waals surface area (Å²) in [7, 11) is 0. The number of nitrogens with zero attached hydrogens (tertiary/aromatic N) is 1. The molecule has 1 saturated heterocycles. The van der Waals surface area contributed by atoms with Crippen LogP contribution in [0.4, 0.5) is 0 Å². The third-order valence-electron chi connectivity index (χ3n) is 4.47. The molecule has 0 aromatic rings. The summed E-state index contributed by atoms with van der Waals surface area (Å²) in [5, 5.41) is 5.72. The van der Waals surface area contributed by atoms with Crippen LogP contribution in [0, 0.1) is 17.3 Å². The van der Waals surface area contributed by atoms with E-state index >= 15 is 0 Å². The summed E-state index contributed by atoms with van der Waals surface area (Å²) in [4.78, 5) is 37.7. The van der Waals surface area contributed by atoms with Crippen molar-refractivity contribution in [2.75, 3.05) is 26.2 Å². The largest absolute Gasteiger partial charge is 0.354 e. The molecule has 0 spiro atoms. The maximum atomic E-state index is 12.2. The molecule has 0 aromatic carbocycles. The van der Waals surface area contributed by atoms with Gasteiger partial charge in [0.25, 0.3) is 0 Å². The van der Waals surface area contributed by atoms with Crippen molar-refractivity contribution in [1.29, 1.82) is 0 Å². The van der Waals surface area contributed by atoms with Crippen molar-refractivity contribution in [3.05, 3.63) is 0 Å². The average Bonchev–Trinajstić information content (AvgIpc) is 3.34. The van der Waals surface area contributed by atoms with Crippen molar-refractivity contribution < 1.29 is 14.4 Å². The first kappa shape index (κ1) is 17.8. The van der Waals surface area contributed by atoms with E-state index in [1.807, 2.05) is 25.7 Å². The van der Waals surface area contributed by atoms with Crippen molar-refractivity contribution in [3.63, 3.8) is 0 Å². The van der Waals surface area contributed by atoms with E-state index in [2.05, 4.69) is 10.6 Å². The minimum atomic E-state index is -0.366. The second kappa shape index (κ2) is 7.32. The van der Waals surface area contributed by atoms with Gasteiger partial charge in [-0.1, -0.05) is 20.8 Å². The second-order valence-electron chi connectivity index (χ2n) is 7.67. The molecule has 2 aliphatic rings. The molecule has 2 fully saturated rings. The lowest BCUT2D eigenvalue weighted by molar-refractivity contribution is -0.142. The van der Waals surface area contributed by atoms with Gasteiger partial charge in [-0.25, -0.2) is 0 Å². The van der Waals surface area contributed by atoms with Gasteiger partial charge >= 0.3 is 0 Å². The lowest BCUT2D eigenvalue weighted by Gasteiger charge is -2.35. The Morgan fingerprint density at radius 3 is 1.70 bits per heavy atom. The van der Waals surface area contributed by atoms with Crippen LogP contribution >= 0.6 is 0 Å². The van der Waals surface area contributed by atoms with E-state index in [4.69, 9.17) is 0 Å². The Labute approximate surface area is 138 Å². The van der Waals surface area contributed by atoms with Gasteiger partial charge in [0.05, 0.1) is 0 Å². The van der Waals surface area contributed by atoms with Crippen molar-refractivity contribution in [2.45, 2.75) is 46.5 Å². The summed E-state index contributed by atoms with van der Waals surface area (Å²) >= 11 is 0. The topological polar surface area (TPSA) is 78.5 Å². The summed E-state index contributed by atoms with van der Waals surface area (Å²) in [5.74, 6) is 0.467. The molecule has 6 heteroatoms. The number of carbonyl (C=O) groups is 3. The van der Waals surface area contributed by atoms with Crippen LogP contribution in [0.1, 0.15) is 46.5 Å². The third-order valence-corrected chi connectivity index (χ3v) is 4.47. The summed E-state index contributed by atoms with van der Waals surface area (Å²) in [5.41, 5.74) is -0.366. The number of likely N-dealkylation sites (tertiary alicyclic amines) is 1. The standard InChI is InChI=1S/C17H29N3O3/c1-17(2,3)16(23)20-10-6-13(7-11-20)15(22)19-9-8-18-14(21)12-4-5-12/h12-13H,4-11H2,1-3H3,(H,18,21)(H,19,22). The first-order chi connectivity index (χ1) is 10.8. The Balaban J connectivity index is 1.63. The van der Waals surface area contributed by atoms with Gasteiger partial charge in [0.1, 0.15) is 0 Å². The molecule has 1 aliphatic heterocycles. The zero-order valence-corrected chi connectivity index (χ0v) is 14.5. The fourth-order valence-electron chi connectivity index (χ4n) is 2.82. The smallest absolute Gasteiger partial charge is 0.227 e. The number of rotatable bonds is 5. The fourth-order valence-corrected chi connectivity index (χ4v) is 2.82. The van der Waals surface area contributed by atoms with Crippen LogP contribution in [0.15, 0.2) is 0 Å². The molecule has 2 rings (SSSR count). The van der Waals surface area contributed by atoms with E-state index in [0.717, 1.165) is 12.8 Å². The molecular formula is C17H29N3O3. The maximum absolute atomic E-state index is 12.2. The molecule has 0 atom stereocenters. The summed E-state index contributed by atoms with van der Waals surface area (Å²) in [6.07, 6.45) is 3.40. The van der Waals surface area contributed by atoms with Crippen molar-refractivity contribution >= 4 is 17.7 Å². The van der Waals surface area contributed by atoms with Gasteiger partial charge in [-0.3, -0.25) is 14.4 Å². The van der Waals surface area contributed by atoms with Gasteiger partial charge in [-0.05, 0) is 25.7 Å². The van der Waals surface area contributed by atoms with E-state index in [0.29, 0.717) is 39.0 Å². The highest BCUT2D eigenvalue weighted by molar-refractivity contribution is 5.83. The van der Waals surface area contributed by atoms with Gasteiger partial charge < -0.3 is 15.5 Å². The molecule has 1 aliphatic carbocycles. The van der Waals surface area contributed by atoms with Gasteiger partial charge in [-0.15, -0.1) is 0 Å². The number of hydrogen-bond donors (Lipinski definition) is 2. The molecule has 23 heavy (non-hydrogen) atoms. The molecule has 130 valence electrons. The lowest BCUT2D eigenvalue weighted by atomic mass is 9.91. The summed E-state index contributed by atoms with van der Waals surface area (Å²) < 4.78 is 0. The SMILES string of the molecule is CC(C)(C)C(=O)N1CCC(C(=O)NCCNC(=O)C2CC2)CC1. The van der Waals surface area contributed by atoms with Crippen molar-refractivity contribution in [1.82, 2.24) is 15.5 Å². The molecule has 6 nitrogen and oxygen atoms in total. The van der Waals surface area contributed by atoms with E-state index in [-0.39, 0.29) is 35.0 Å². The molecule has 0 radical (unpaired) electrons. The van der Waals surface area contributed by atoms with E-state index in [1.54, 1.807) is 0 Å². The van der Waals surface area contributed by atoms with Crippen LogP contribution in [0.5, 0.6) is 0 Å². The van der Waals surface area contributed by atoms with Crippen molar-refractivity contribution in [2.24, 2.45) is 17.3 Å². The zero-order valence-electron chi connectivity index (χ0n) is 14.5. The predicted octanol–water partition coefficient (Wildman–Crippen LogP) is 0.914. The Hall–Kier alpha value is -1.59. The fraction of sp³-hybridized carbons (Fsp3) is 0.824. The minimum absolute atomic E-state index is 0.0295. The second-order valence-corrected chi connectivity index (χ2v) is 7.67. The number of carbonyl (C=O) groups excluding carboxylic acids is 3. The number of piperidine rings is 1. The normalized spacial score (nSPS) is 19.3. The number of amides is 3. The van der Waals surface area contributed by atoms with E-state index in [1.165, 1.54) is 0 Å². The highest BCUT2D eigenvalue weighted by atomic mass is 16.2. The molecule has 0 bridgehead atoms. The van der Waals surface area contributed by atoms with Crippen LogP contribution < -0.4 is 10.6 Å². The third kappa shape index (κ3) is 5.22. The zero-order chi connectivity index (χ0) is 17.0. The Kier molecular flexibility index (Phi) is 5.65. The Morgan fingerprint density at radius 2 is 1.30 bits per heavy atom. The molecule has 1 heterocycles. The first-order valence-corrected chi connectivity index (χ1v) is 8.64. The quantitative estimate of drug-likeness (QED) is 0.738. The van der Waals surface area contributed by atoms with Crippen LogP contribution in [-0.4, -0.2) is 48.8 Å². The molecule has 3 amide bonds.